The Morgan fingerprint density at radius 3 is 1.78 bits per heavy atom. The molecule has 0 bridgehead atoms. The molecule has 0 rings (SSSR count). The lowest BCUT2D eigenvalue weighted by atomic mass is 10.7. The first kappa shape index (κ1) is 9.10. The molecular weight excluding hydrogens is 136 g/mol. The van der Waals surface area contributed by atoms with E-state index in [1.165, 1.54) is 0 Å². The van der Waals surface area contributed by atoms with E-state index in [4.69, 9.17) is 13.9 Å². The lowest BCUT2D eigenvalue weighted by Gasteiger charge is -2.25. The zero-order chi connectivity index (χ0) is 7.33. The van der Waals surface area contributed by atoms with Crippen LogP contribution in [0, 0.1) is 0 Å². The topological polar surface area (TPSA) is 27.7 Å². The van der Waals surface area contributed by atoms with Crippen molar-refractivity contribution >= 4 is 9.76 Å². The van der Waals surface area contributed by atoms with Crippen molar-refractivity contribution in [2.24, 2.45) is 0 Å². The van der Waals surface area contributed by atoms with Crippen LogP contribution in [0.1, 0.15) is 6.92 Å². The van der Waals surface area contributed by atoms with Crippen LogP contribution < -0.4 is 0 Å². The van der Waals surface area contributed by atoms with Gasteiger partial charge in [0, 0.05) is 21.1 Å². The van der Waals surface area contributed by atoms with E-state index in [1.807, 2.05) is 6.55 Å². The number of rotatable bonds is 4. The second-order valence-electron chi connectivity index (χ2n) is 1.62. The van der Waals surface area contributed by atoms with E-state index in [0.29, 0.717) is 0 Å². The highest BCUT2D eigenvalue weighted by Gasteiger charge is 2.21. The first-order chi connectivity index (χ1) is 4.18. The van der Waals surface area contributed by atoms with Gasteiger partial charge in [-0.2, -0.15) is 0 Å². The molecular formula is C5H13O3Si. The van der Waals surface area contributed by atoms with Crippen LogP contribution in [0.2, 0.25) is 6.55 Å². The maximum atomic E-state index is 5.17. The second-order valence-corrected chi connectivity index (χ2v) is 2.33. The van der Waals surface area contributed by atoms with Crippen molar-refractivity contribution in [3.8, 4) is 0 Å². The fourth-order valence-corrected chi connectivity index (χ4v) is 1.01. The van der Waals surface area contributed by atoms with E-state index in [1.54, 1.807) is 21.1 Å². The average Bonchev–Trinajstić information content (AvgIpc) is 1.89. The van der Waals surface area contributed by atoms with Crippen LogP contribution in [0.15, 0.2) is 0 Å². The molecule has 0 aromatic carbocycles. The fraction of sp³-hybridized carbons (Fsp3) is 1.00. The molecule has 1 radical (unpaired) electrons. The van der Waals surface area contributed by atoms with Gasteiger partial charge in [0.2, 0.25) is 0 Å². The number of ether oxygens (including phenoxy) is 2. The lowest BCUT2D eigenvalue weighted by molar-refractivity contribution is -0.310. The summed E-state index contributed by atoms with van der Waals surface area (Å²) in [6.07, 6.45) is 0. The predicted octanol–water partition coefficient (Wildman–Crippen LogP) is 0.369. The molecule has 0 aliphatic rings. The van der Waals surface area contributed by atoms with Gasteiger partial charge in [-0.15, -0.1) is 0 Å². The molecule has 0 saturated carbocycles. The molecule has 0 unspecified atom stereocenters. The average molecular weight is 149 g/mol. The van der Waals surface area contributed by atoms with Gasteiger partial charge in [-0.3, -0.25) is 0 Å². The zero-order valence-corrected chi connectivity index (χ0v) is 7.46. The van der Waals surface area contributed by atoms with Gasteiger partial charge >= 0.3 is 0 Å². The maximum Gasteiger partial charge on any atom is 0.269 e. The third-order valence-corrected chi connectivity index (χ3v) is 1.74. The molecule has 0 fully saturated rings. The van der Waals surface area contributed by atoms with Gasteiger partial charge in [-0.1, -0.05) is 0 Å². The van der Waals surface area contributed by atoms with E-state index in [9.17, 15) is 0 Å². The molecule has 0 aromatic rings. The van der Waals surface area contributed by atoms with Crippen LogP contribution in [0.5, 0.6) is 0 Å². The van der Waals surface area contributed by atoms with Crippen molar-refractivity contribution in [1.29, 1.82) is 0 Å². The first-order valence-electron chi connectivity index (χ1n) is 2.74. The van der Waals surface area contributed by atoms with Crippen LogP contribution >= 0.6 is 0 Å². The summed E-state index contributed by atoms with van der Waals surface area (Å²) in [5.74, 6) is -0.829. The Balaban J connectivity index is 3.62. The van der Waals surface area contributed by atoms with Crippen molar-refractivity contribution in [3.63, 3.8) is 0 Å². The Morgan fingerprint density at radius 2 is 1.67 bits per heavy atom. The molecule has 0 amide bonds. The second kappa shape index (κ2) is 4.00. The lowest BCUT2D eigenvalue weighted by Crippen LogP contribution is -2.33. The van der Waals surface area contributed by atoms with Crippen molar-refractivity contribution in [1.82, 2.24) is 0 Å². The van der Waals surface area contributed by atoms with Gasteiger partial charge in [0.25, 0.3) is 5.97 Å². The summed E-state index contributed by atoms with van der Waals surface area (Å²) in [4.78, 5) is 0. The van der Waals surface area contributed by atoms with E-state index >= 15 is 0 Å². The van der Waals surface area contributed by atoms with Gasteiger partial charge in [-0.05, 0) is 6.55 Å². The summed E-state index contributed by atoms with van der Waals surface area (Å²) in [6, 6.07) is 0. The third kappa shape index (κ3) is 2.95. The van der Waals surface area contributed by atoms with Gasteiger partial charge in [0.15, 0.2) is 9.76 Å². The largest absolute Gasteiger partial charge is 0.373 e. The normalized spacial score (nSPS) is 12.0. The molecule has 0 N–H and O–H groups in total. The maximum absolute atomic E-state index is 5.17. The first-order valence-corrected chi connectivity index (χ1v) is 4.37. The Bertz CT molecular complexity index is 72.6. The molecule has 55 valence electrons. The van der Waals surface area contributed by atoms with Crippen LogP contribution in [0.3, 0.4) is 0 Å². The molecule has 0 spiro atoms. The summed E-state index contributed by atoms with van der Waals surface area (Å²) < 4.78 is 15.0. The molecule has 9 heavy (non-hydrogen) atoms. The van der Waals surface area contributed by atoms with Crippen molar-refractivity contribution in [2.45, 2.75) is 19.4 Å². The molecule has 0 aliphatic carbocycles. The van der Waals surface area contributed by atoms with Gasteiger partial charge in [-0.25, -0.2) is 0 Å². The zero-order valence-electron chi connectivity index (χ0n) is 6.30. The Labute approximate surface area is 58.2 Å². The number of methoxy groups -OCH3 is 2. The van der Waals surface area contributed by atoms with Crippen molar-refractivity contribution in [2.75, 3.05) is 14.2 Å². The van der Waals surface area contributed by atoms with E-state index in [0.717, 1.165) is 0 Å². The van der Waals surface area contributed by atoms with Crippen LogP contribution in [0.4, 0.5) is 0 Å². The van der Waals surface area contributed by atoms with Crippen molar-refractivity contribution in [3.05, 3.63) is 0 Å². The molecule has 0 saturated heterocycles. The Morgan fingerprint density at radius 1 is 1.22 bits per heavy atom. The van der Waals surface area contributed by atoms with Crippen LogP contribution in [0.25, 0.3) is 0 Å². The van der Waals surface area contributed by atoms with E-state index in [2.05, 4.69) is 0 Å². The third-order valence-electron chi connectivity index (χ3n) is 1.07. The minimum Gasteiger partial charge on any atom is -0.373 e. The predicted molar refractivity (Wildman–Crippen MR) is 36.5 cm³/mol. The van der Waals surface area contributed by atoms with Gasteiger partial charge in [0.1, 0.15) is 0 Å². The minimum absolute atomic E-state index is 0.0447. The summed E-state index contributed by atoms with van der Waals surface area (Å²) >= 11 is 0. The quantitative estimate of drug-likeness (QED) is 0.427. The highest BCUT2D eigenvalue weighted by Crippen LogP contribution is 2.09. The van der Waals surface area contributed by atoms with Crippen LogP contribution in [-0.4, -0.2) is 30.0 Å². The summed E-state index contributed by atoms with van der Waals surface area (Å²) in [6.45, 7) is 3.71. The standard InChI is InChI=1S/C5H13O3Si/c1-5(6-2,7-3)8-9-4/h9H,1-4H3. The molecule has 0 aromatic heterocycles. The molecule has 4 heteroatoms. The smallest absolute Gasteiger partial charge is 0.269 e. The summed E-state index contributed by atoms with van der Waals surface area (Å²) in [5.41, 5.74) is 0. The SMILES string of the molecule is COC(C)(OC)O[SiH]C. The molecule has 0 heterocycles. The van der Waals surface area contributed by atoms with Gasteiger partial charge < -0.3 is 13.9 Å². The molecule has 0 aliphatic heterocycles. The van der Waals surface area contributed by atoms with E-state index in [-0.39, 0.29) is 9.76 Å². The Hall–Kier alpha value is 0.0969. The summed E-state index contributed by atoms with van der Waals surface area (Å²) in [7, 11) is 3.06. The fourth-order valence-electron chi connectivity index (χ4n) is 0.394. The molecule has 3 nitrogen and oxygen atoms in total. The number of hydrogen-bond donors (Lipinski definition) is 0. The van der Waals surface area contributed by atoms with E-state index < -0.39 is 5.97 Å². The minimum atomic E-state index is -0.829. The summed E-state index contributed by atoms with van der Waals surface area (Å²) in [5, 5.41) is 0. The highest BCUT2D eigenvalue weighted by atomic mass is 28.2. The molecule has 0 atom stereocenters. The van der Waals surface area contributed by atoms with Gasteiger partial charge in [0.05, 0.1) is 0 Å². The number of hydrogen-bond acceptors (Lipinski definition) is 3. The Kier molecular flexibility index (Phi) is 4.04. The van der Waals surface area contributed by atoms with Crippen LogP contribution in [-0.2, 0) is 13.9 Å². The highest BCUT2D eigenvalue weighted by molar-refractivity contribution is 6.24. The monoisotopic (exact) mass is 149 g/mol. The van der Waals surface area contributed by atoms with Crippen molar-refractivity contribution < 1.29 is 13.9 Å².